The summed E-state index contributed by atoms with van der Waals surface area (Å²) in [6.45, 7) is 4.80. The number of aromatic carboxylic acids is 1. The van der Waals surface area contributed by atoms with E-state index in [1.165, 1.54) is 11.3 Å². The fourth-order valence-corrected chi connectivity index (χ4v) is 3.69. The topological polar surface area (TPSA) is 68.0 Å². The first-order chi connectivity index (χ1) is 9.11. The quantitative estimate of drug-likeness (QED) is 0.830. The molecule has 0 aromatic carbocycles. The average Bonchev–Trinajstić information content (AvgIpc) is 2.94. The molecule has 102 valence electrons. The minimum Gasteiger partial charge on any atom is -0.477 e. The highest BCUT2D eigenvalue weighted by Crippen LogP contribution is 2.29. The molecule has 7 heteroatoms. The van der Waals surface area contributed by atoms with Crippen LogP contribution in [-0.4, -0.2) is 25.6 Å². The van der Waals surface area contributed by atoms with Gasteiger partial charge in [0.25, 0.3) is 0 Å². The van der Waals surface area contributed by atoms with Crippen molar-refractivity contribution in [2.24, 2.45) is 0 Å². The number of imidazole rings is 1. The first-order valence-electron chi connectivity index (χ1n) is 5.94. The lowest BCUT2D eigenvalue weighted by Gasteiger charge is -2.04. The Balaban J connectivity index is 2.04. The van der Waals surface area contributed by atoms with E-state index in [1.54, 1.807) is 18.7 Å². The third kappa shape index (κ3) is 3.36. The minimum atomic E-state index is -0.905. The first kappa shape index (κ1) is 14.1. The largest absolute Gasteiger partial charge is 0.477 e. The molecule has 1 N–H and O–H groups in total. The van der Waals surface area contributed by atoms with E-state index >= 15 is 0 Å². The molecule has 2 heterocycles. The molecule has 0 atom stereocenters. The summed E-state index contributed by atoms with van der Waals surface area (Å²) < 4.78 is 2.91. The molecule has 2 aromatic heterocycles. The van der Waals surface area contributed by atoms with E-state index in [0.29, 0.717) is 10.6 Å². The fraction of sp³-hybridized carbons (Fsp3) is 0.417. The Morgan fingerprint density at radius 2 is 2.37 bits per heavy atom. The second-order valence-corrected chi connectivity index (χ2v) is 6.29. The van der Waals surface area contributed by atoms with Gasteiger partial charge in [-0.1, -0.05) is 18.7 Å². The maximum Gasteiger partial charge on any atom is 0.347 e. The van der Waals surface area contributed by atoms with Crippen LogP contribution in [0.15, 0.2) is 16.9 Å². The van der Waals surface area contributed by atoms with Crippen molar-refractivity contribution in [3.05, 3.63) is 28.8 Å². The molecule has 5 nitrogen and oxygen atoms in total. The zero-order valence-corrected chi connectivity index (χ0v) is 12.4. The lowest BCUT2D eigenvalue weighted by molar-refractivity contribution is 0.0701. The molecule has 0 aliphatic rings. The molecule has 2 aromatic rings. The predicted octanol–water partition coefficient (Wildman–Crippen LogP) is 3.05. The summed E-state index contributed by atoms with van der Waals surface area (Å²) in [5.41, 5.74) is 1.72. The number of aromatic nitrogens is 3. The Bertz CT molecular complexity index is 577. The number of carbonyl (C=O) groups is 1. The monoisotopic (exact) mass is 297 g/mol. The van der Waals surface area contributed by atoms with E-state index in [0.717, 1.165) is 28.8 Å². The van der Waals surface area contributed by atoms with Crippen LogP contribution >= 0.6 is 23.1 Å². The standard InChI is InChI=1S/C12H15N3O2S2/c1-3-4-15-7-13-5-9(15)6-18-12-14-8(2)10(19-12)11(16)17/h5,7H,3-4,6H2,1-2H3,(H,16,17). The molecular formula is C12H15N3O2S2. The summed E-state index contributed by atoms with van der Waals surface area (Å²) in [6.07, 6.45) is 4.74. The van der Waals surface area contributed by atoms with Crippen molar-refractivity contribution in [2.75, 3.05) is 0 Å². The van der Waals surface area contributed by atoms with E-state index < -0.39 is 5.97 Å². The Morgan fingerprint density at radius 1 is 1.58 bits per heavy atom. The minimum absolute atomic E-state index is 0.324. The van der Waals surface area contributed by atoms with Crippen molar-refractivity contribution in [3.63, 3.8) is 0 Å². The fourth-order valence-electron chi connectivity index (χ4n) is 1.68. The Kier molecular flexibility index (Phi) is 4.60. The zero-order chi connectivity index (χ0) is 13.8. The van der Waals surface area contributed by atoms with Gasteiger partial charge >= 0.3 is 5.97 Å². The number of thiazole rings is 1. The van der Waals surface area contributed by atoms with Crippen LogP contribution in [0.3, 0.4) is 0 Å². The molecule has 0 radical (unpaired) electrons. The van der Waals surface area contributed by atoms with Crippen molar-refractivity contribution in [1.29, 1.82) is 0 Å². The molecule has 0 saturated carbocycles. The van der Waals surface area contributed by atoms with Crippen LogP contribution < -0.4 is 0 Å². The van der Waals surface area contributed by atoms with Gasteiger partial charge in [-0.2, -0.15) is 0 Å². The molecule has 0 spiro atoms. The van der Waals surface area contributed by atoms with Gasteiger partial charge in [0.2, 0.25) is 0 Å². The van der Waals surface area contributed by atoms with Gasteiger partial charge in [-0.05, 0) is 13.3 Å². The number of rotatable bonds is 6. The number of carboxylic acids is 1. The average molecular weight is 297 g/mol. The molecule has 0 fully saturated rings. The van der Waals surface area contributed by atoms with Gasteiger partial charge in [0, 0.05) is 24.2 Å². The third-order valence-electron chi connectivity index (χ3n) is 2.58. The van der Waals surface area contributed by atoms with Gasteiger partial charge < -0.3 is 9.67 Å². The maximum atomic E-state index is 11.0. The summed E-state index contributed by atoms with van der Waals surface area (Å²) in [5, 5.41) is 8.99. The van der Waals surface area contributed by atoms with Gasteiger partial charge in [0.1, 0.15) is 4.88 Å². The van der Waals surface area contributed by atoms with Crippen molar-refractivity contribution >= 4 is 29.1 Å². The molecule has 0 unspecified atom stereocenters. The molecule has 0 aliphatic carbocycles. The molecule has 0 bridgehead atoms. The summed E-state index contributed by atoms with van der Waals surface area (Å²) in [6, 6.07) is 0. The number of hydrogen-bond acceptors (Lipinski definition) is 5. The van der Waals surface area contributed by atoms with Crippen LogP contribution in [0, 0.1) is 6.92 Å². The van der Waals surface area contributed by atoms with E-state index in [1.807, 2.05) is 12.5 Å². The third-order valence-corrected chi connectivity index (χ3v) is 4.90. The van der Waals surface area contributed by atoms with Crippen LogP contribution in [0.5, 0.6) is 0 Å². The highest BCUT2D eigenvalue weighted by atomic mass is 32.2. The van der Waals surface area contributed by atoms with Crippen LogP contribution in [0.2, 0.25) is 0 Å². The highest BCUT2D eigenvalue weighted by molar-refractivity contribution is 8.00. The van der Waals surface area contributed by atoms with E-state index in [4.69, 9.17) is 5.11 Å². The van der Waals surface area contributed by atoms with Crippen molar-refractivity contribution < 1.29 is 9.90 Å². The molecular weight excluding hydrogens is 282 g/mol. The van der Waals surface area contributed by atoms with E-state index in [2.05, 4.69) is 21.5 Å². The Morgan fingerprint density at radius 3 is 3.00 bits per heavy atom. The molecule has 0 amide bonds. The number of carboxylic acid groups (broad SMARTS) is 1. The van der Waals surface area contributed by atoms with E-state index in [9.17, 15) is 4.79 Å². The van der Waals surface area contributed by atoms with Crippen LogP contribution in [0.25, 0.3) is 0 Å². The van der Waals surface area contributed by atoms with Crippen LogP contribution in [0.1, 0.15) is 34.4 Å². The Labute approximate surface area is 119 Å². The number of hydrogen-bond donors (Lipinski definition) is 1. The smallest absolute Gasteiger partial charge is 0.347 e. The van der Waals surface area contributed by atoms with Gasteiger partial charge in [-0.3, -0.25) is 0 Å². The lowest BCUT2D eigenvalue weighted by atomic mass is 10.4. The number of nitrogens with zero attached hydrogens (tertiary/aromatic N) is 3. The molecule has 0 saturated heterocycles. The van der Waals surface area contributed by atoms with Gasteiger partial charge in [-0.25, -0.2) is 14.8 Å². The van der Waals surface area contributed by atoms with Gasteiger partial charge in [0.15, 0.2) is 4.34 Å². The van der Waals surface area contributed by atoms with Crippen molar-refractivity contribution in [3.8, 4) is 0 Å². The second-order valence-electron chi connectivity index (χ2n) is 4.07. The second kappa shape index (κ2) is 6.21. The normalized spacial score (nSPS) is 10.8. The summed E-state index contributed by atoms with van der Waals surface area (Å²) in [7, 11) is 0. The maximum absolute atomic E-state index is 11.0. The molecule has 19 heavy (non-hydrogen) atoms. The zero-order valence-electron chi connectivity index (χ0n) is 10.8. The molecule has 2 rings (SSSR count). The van der Waals surface area contributed by atoms with Crippen LogP contribution in [-0.2, 0) is 12.3 Å². The van der Waals surface area contributed by atoms with Gasteiger partial charge in [0.05, 0.1) is 12.0 Å². The summed E-state index contributed by atoms with van der Waals surface area (Å²) in [5.74, 6) is -0.149. The van der Waals surface area contributed by atoms with Crippen LogP contribution in [0.4, 0.5) is 0 Å². The number of aryl methyl sites for hydroxylation is 2. The summed E-state index contributed by atoms with van der Waals surface area (Å²) in [4.78, 5) is 19.7. The Hall–Kier alpha value is -1.34. The lowest BCUT2D eigenvalue weighted by Crippen LogP contribution is -1.99. The summed E-state index contributed by atoms with van der Waals surface area (Å²) >= 11 is 2.79. The predicted molar refractivity (Wildman–Crippen MR) is 75.9 cm³/mol. The highest BCUT2D eigenvalue weighted by Gasteiger charge is 2.14. The van der Waals surface area contributed by atoms with Gasteiger partial charge in [-0.15, -0.1) is 11.3 Å². The van der Waals surface area contributed by atoms with E-state index in [-0.39, 0.29) is 0 Å². The van der Waals surface area contributed by atoms with Crippen molar-refractivity contribution in [2.45, 2.75) is 36.9 Å². The molecule has 0 aliphatic heterocycles. The first-order valence-corrected chi connectivity index (χ1v) is 7.74. The SMILES string of the molecule is CCCn1cncc1CSc1nc(C)c(C(=O)O)s1. The van der Waals surface area contributed by atoms with Crippen molar-refractivity contribution in [1.82, 2.24) is 14.5 Å². The number of thioether (sulfide) groups is 1.